The molecule has 0 saturated carbocycles. The summed E-state index contributed by atoms with van der Waals surface area (Å²) in [5.41, 5.74) is 2.07. The SMILES string of the molecule is CC(C)Oc1ccccc1CNC(=O)Cn1c(SC(F)F)nc2ccccc21. The number of thioether (sulfide) groups is 1. The Balaban J connectivity index is 1.74. The van der Waals surface area contributed by atoms with E-state index in [0.717, 1.165) is 5.56 Å². The van der Waals surface area contributed by atoms with Crippen molar-refractivity contribution < 1.29 is 18.3 Å². The predicted molar refractivity (Wildman–Crippen MR) is 106 cm³/mol. The molecule has 2 aromatic carbocycles. The Labute approximate surface area is 166 Å². The molecule has 1 amide bonds. The minimum atomic E-state index is -2.61. The second kappa shape index (κ2) is 9.05. The first-order valence-corrected chi connectivity index (χ1v) is 9.73. The second-order valence-corrected chi connectivity index (χ2v) is 7.36. The predicted octanol–water partition coefficient (Wildman–Crippen LogP) is 4.45. The summed E-state index contributed by atoms with van der Waals surface area (Å²) in [6.45, 7) is 4.05. The summed E-state index contributed by atoms with van der Waals surface area (Å²) in [5, 5.41) is 2.95. The Hall–Kier alpha value is -2.61. The highest BCUT2D eigenvalue weighted by molar-refractivity contribution is 7.99. The molecule has 0 aliphatic rings. The quantitative estimate of drug-likeness (QED) is 0.563. The number of para-hydroxylation sites is 3. The first-order chi connectivity index (χ1) is 13.4. The molecule has 28 heavy (non-hydrogen) atoms. The third kappa shape index (κ3) is 5.01. The lowest BCUT2D eigenvalue weighted by atomic mass is 10.2. The largest absolute Gasteiger partial charge is 0.491 e. The monoisotopic (exact) mass is 405 g/mol. The molecule has 3 aromatic rings. The number of alkyl halides is 2. The first-order valence-electron chi connectivity index (χ1n) is 8.85. The average Bonchev–Trinajstić information content (AvgIpc) is 2.97. The fourth-order valence-corrected chi connectivity index (χ4v) is 3.39. The Morgan fingerprint density at radius 1 is 1.18 bits per heavy atom. The second-order valence-electron chi connectivity index (χ2n) is 6.40. The Morgan fingerprint density at radius 2 is 1.89 bits per heavy atom. The van der Waals surface area contributed by atoms with Gasteiger partial charge in [-0.15, -0.1) is 0 Å². The van der Waals surface area contributed by atoms with Gasteiger partial charge in [0, 0.05) is 12.1 Å². The number of rotatable bonds is 8. The lowest BCUT2D eigenvalue weighted by Gasteiger charge is -2.15. The third-order valence-electron chi connectivity index (χ3n) is 3.93. The van der Waals surface area contributed by atoms with Crippen LogP contribution in [0.5, 0.6) is 5.75 Å². The number of ether oxygens (including phenoxy) is 1. The number of aromatic nitrogens is 2. The van der Waals surface area contributed by atoms with E-state index in [-0.39, 0.29) is 30.3 Å². The molecule has 8 heteroatoms. The molecule has 1 heterocycles. The van der Waals surface area contributed by atoms with Gasteiger partial charge in [0.25, 0.3) is 5.76 Å². The van der Waals surface area contributed by atoms with Crippen LogP contribution in [-0.2, 0) is 17.9 Å². The molecule has 0 bridgehead atoms. The molecule has 0 unspecified atom stereocenters. The van der Waals surface area contributed by atoms with Crippen LogP contribution in [0.4, 0.5) is 8.78 Å². The summed E-state index contributed by atoms with van der Waals surface area (Å²) in [4.78, 5) is 16.7. The number of carbonyl (C=O) groups excluding carboxylic acids is 1. The molecule has 0 radical (unpaired) electrons. The fourth-order valence-electron chi connectivity index (χ4n) is 2.79. The molecule has 0 aliphatic heterocycles. The van der Waals surface area contributed by atoms with Crippen LogP contribution >= 0.6 is 11.8 Å². The maximum absolute atomic E-state index is 12.9. The lowest BCUT2D eigenvalue weighted by Crippen LogP contribution is -2.27. The molecule has 1 N–H and O–H groups in total. The van der Waals surface area contributed by atoms with E-state index >= 15 is 0 Å². The molecular formula is C20H21F2N3O2S. The van der Waals surface area contributed by atoms with Crippen LogP contribution in [0, 0.1) is 0 Å². The number of carbonyl (C=O) groups is 1. The molecule has 5 nitrogen and oxygen atoms in total. The number of benzene rings is 2. The van der Waals surface area contributed by atoms with E-state index in [0.29, 0.717) is 28.5 Å². The number of fused-ring (bicyclic) bond motifs is 1. The van der Waals surface area contributed by atoms with Gasteiger partial charge in [0.05, 0.1) is 17.1 Å². The van der Waals surface area contributed by atoms with Crippen molar-refractivity contribution >= 4 is 28.7 Å². The zero-order valence-electron chi connectivity index (χ0n) is 15.6. The third-order valence-corrected chi connectivity index (χ3v) is 4.63. The Bertz CT molecular complexity index is 960. The van der Waals surface area contributed by atoms with Gasteiger partial charge in [0.15, 0.2) is 5.16 Å². The summed E-state index contributed by atoms with van der Waals surface area (Å²) in [6, 6.07) is 14.5. The Morgan fingerprint density at radius 3 is 2.64 bits per heavy atom. The Kier molecular flexibility index (Phi) is 6.51. The molecule has 0 saturated heterocycles. The number of halogens is 2. The molecule has 148 valence electrons. The smallest absolute Gasteiger partial charge is 0.291 e. The van der Waals surface area contributed by atoms with Gasteiger partial charge < -0.3 is 14.6 Å². The first kappa shape index (κ1) is 20.1. The summed E-state index contributed by atoms with van der Waals surface area (Å²) in [5.74, 6) is -2.20. The molecule has 0 fully saturated rings. The maximum atomic E-state index is 12.9. The molecule has 0 atom stereocenters. The molecule has 3 rings (SSSR count). The lowest BCUT2D eigenvalue weighted by molar-refractivity contribution is -0.121. The van der Waals surface area contributed by atoms with Crippen LogP contribution < -0.4 is 10.1 Å². The van der Waals surface area contributed by atoms with Crippen molar-refractivity contribution in [2.24, 2.45) is 0 Å². The van der Waals surface area contributed by atoms with Crippen molar-refractivity contribution in [3.05, 3.63) is 54.1 Å². The van der Waals surface area contributed by atoms with Crippen molar-refractivity contribution in [1.29, 1.82) is 0 Å². The van der Waals surface area contributed by atoms with Gasteiger partial charge in [0.1, 0.15) is 12.3 Å². The van der Waals surface area contributed by atoms with E-state index in [4.69, 9.17) is 4.74 Å². The molecule has 0 spiro atoms. The van der Waals surface area contributed by atoms with E-state index < -0.39 is 5.76 Å². The van der Waals surface area contributed by atoms with E-state index in [1.165, 1.54) is 4.57 Å². The van der Waals surface area contributed by atoms with Crippen LogP contribution in [0.3, 0.4) is 0 Å². The average molecular weight is 405 g/mol. The van der Waals surface area contributed by atoms with E-state index in [1.54, 1.807) is 24.3 Å². The number of imidazole rings is 1. The highest BCUT2D eigenvalue weighted by Crippen LogP contribution is 2.28. The summed E-state index contributed by atoms with van der Waals surface area (Å²) < 4.78 is 33.0. The fraction of sp³-hybridized carbons (Fsp3) is 0.300. The van der Waals surface area contributed by atoms with Crippen LogP contribution in [0.15, 0.2) is 53.7 Å². The van der Waals surface area contributed by atoms with Crippen LogP contribution in [0.1, 0.15) is 19.4 Å². The van der Waals surface area contributed by atoms with Crippen molar-refractivity contribution in [1.82, 2.24) is 14.9 Å². The topological polar surface area (TPSA) is 56.1 Å². The summed E-state index contributed by atoms with van der Waals surface area (Å²) in [6.07, 6.45) is 0.0168. The maximum Gasteiger partial charge on any atom is 0.291 e. The van der Waals surface area contributed by atoms with Crippen LogP contribution in [0.25, 0.3) is 11.0 Å². The zero-order valence-corrected chi connectivity index (χ0v) is 16.4. The number of nitrogens with zero attached hydrogens (tertiary/aromatic N) is 2. The van der Waals surface area contributed by atoms with Crippen molar-refractivity contribution in [3.8, 4) is 5.75 Å². The van der Waals surface area contributed by atoms with Gasteiger partial charge >= 0.3 is 0 Å². The molecule has 0 aliphatic carbocycles. The minimum Gasteiger partial charge on any atom is -0.491 e. The van der Waals surface area contributed by atoms with Crippen molar-refractivity contribution in [3.63, 3.8) is 0 Å². The molecular weight excluding hydrogens is 384 g/mol. The molecule has 1 aromatic heterocycles. The van der Waals surface area contributed by atoms with E-state index in [2.05, 4.69) is 10.3 Å². The zero-order chi connectivity index (χ0) is 20.1. The number of amides is 1. The van der Waals surface area contributed by atoms with Gasteiger partial charge in [-0.2, -0.15) is 8.78 Å². The normalized spacial score (nSPS) is 11.4. The van der Waals surface area contributed by atoms with E-state index in [1.807, 2.05) is 38.1 Å². The summed E-state index contributed by atoms with van der Waals surface area (Å²) in [7, 11) is 0. The number of nitrogens with one attached hydrogen (secondary N) is 1. The van der Waals surface area contributed by atoms with Crippen LogP contribution in [-0.4, -0.2) is 27.3 Å². The summed E-state index contributed by atoms with van der Waals surface area (Å²) >= 11 is 0.335. The van der Waals surface area contributed by atoms with Crippen LogP contribution in [0.2, 0.25) is 0 Å². The van der Waals surface area contributed by atoms with E-state index in [9.17, 15) is 13.6 Å². The van der Waals surface area contributed by atoms with Gasteiger partial charge in [-0.05, 0) is 43.8 Å². The standard InChI is InChI=1S/C20H21F2N3O2S/c1-13(2)27-17-10-6-3-7-14(17)11-23-18(26)12-25-16-9-5-4-8-15(16)24-20(25)28-19(21)22/h3-10,13,19H,11-12H2,1-2H3,(H,23,26). The highest BCUT2D eigenvalue weighted by atomic mass is 32.2. The highest BCUT2D eigenvalue weighted by Gasteiger charge is 2.18. The minimum absolute atomic E-state index is 0.0168. The number of hydrogen-bond acceptors (Lipinski definition) is 4. The van der Waals surface area contributed by atoms with Gasteiger partial charge in [-0.3, -0.25) is 4.79 Å². The van der Waals surface area contributed by atoms with Gasteiger partial charge in [-0.25, -0.2) is 4.98 Å². The van der Waals surface area contributed by atoms with Crippen molar-refractivity contribution in [2.75, 3.05) is 0 Å². The van der Waals surface area contributed by atoms with Gasteiger partial charge in [-0.1, -0.05) is 30.3 Å². The van der Waals surface area contributed by atoms with Crippen molar-refractivity contribution in [2.45, 2.75) is 44.0 Å². The van der Waals surface area contributed by atoms with Gasteiger partial charge in [0.2, 0.25) is 5.91 Å². The number of hydrogen-bond donors (Lipinski definition) is 1.